The van der Waals surface area contributed by atoms with Crippen molar-refractivity contribution in [3.63, 3.8) is 0 Å². The fourth-order valence-electron chi connectivity index (χ4n) is 4.13. The minimum atomic E-state index is -0.554. The van der Waals surface area contributed by atoms with E-state index in [0.717, 1.165) is 62.5 Å². The predicted molar refractivity (Wildman–Crippen MR) is 95.5 cm³/mol. The van der Waals surface area contributed by atoms with Crippen LogP contribution in [0.2, 0.25) is 0 Å². The second kappa shape index (κ2) is 8.13. The van der Waals surface area contributed by atoms with Crippen molar-refractivity contribution in [2.75, 3.05) is 13.2 Å². The first-order chi connectivity index (χ1) is 11.4. The molecule has 4 N–H and O–H groups in total. The quantitative estimate of drug-likeness (QED) is 0.459. The molecule has 0 bridgehead atoms. The molecule has 4 heteroatoms. The maximum atomic E-state index is 10.5. The van der Waals surface area contributed by atoms with Gasteiger partial charge in [-0.3, -0.25) is 0 Å². The van der Waals surface area contributed by atoms with Gasteiger partial charge < -0.3 is 20.4 Å². The lowest BCUT2D eigenvalue weighted by Gasteiger charge is -2.39. The molecule has 0 aliphatic heterocycles. The Hall–Kier alpha value is -0.680. The predicted octanol–water partition coefficient (Wildman–Crippen LogP) is 2.71. The van der Waals surface area contributed by atoms with Gasteiger partial charge in [-0.15, -0.1) is 0 Å². The van der Waals surface area contributed by atoms with Gasteiger partial charge in [-0.05, 0) is 62.5 Å². The van der Waals surface area contributed by atoms with Crippen LogP contribution in [0.4, 0.5) is 0 Å². The number of hydrogen-bond donors (Lipinski definition) is 4. The molecule has 0 saturated heterocycles. The highest BCUT2D eigenvalue weighted by atomic mass is 16.3. The summed E-state index contributed by atoms with van der Waals surface area (Å²) in [5, 5.41) is 40.0. The molecule has 0 aromatic rings. The minimum absolute atomic E-state index is 0.0154. The summed E-state index contributed by atoms with van der Waals surface area (Å²) in [4.78, 5) is 0. The Morgan fingerprint density at radius 2 is 1.21 bits per heavy atom. The average molecular weight is 338 g/mol. The number of allylic oxidation sites excluding steroid dienone is 2. The molecule has 4 nitrogen and oxygen atoms in total. The van der Waals surface area contributed by atoms with E-state index in [-0.39, 0.29) is 13.2 Å². The van der Waals surface area contributed by atoms with Crippen LogP contribution in [-0.4, -0.2) is 45.8 Å². The van der Waals surface area contributed by atoms with Crippen LogP contribution < -0.4 is 0 Å². The SMILES string of the molecule is C[C@]1(CO)CCC/C(=C/CC/C=C2/CCC[C@](C)(CO)[C@@H]2O)[C@H]1O. The van der Waals surface area contributed by atoms with Crippen LogP contribution in [0.1, 0.15) is 65.2 Å². The van der Waals surface area contributed by atoms with Gasteiger partial charge in [0.05, 0.1) is 25.4 Å². The van der Waals surface area contributed by atoms with Crippen LogP contribution in [0.25, 0.3) is 0 Å². The van der Waals surface area contributed by atoms with E-state index in [9.17, 15) is 20.4 Å². The van der Waals surface area contributed by atoms with Gasteiger partial charge in [0.15, 0.2) is 0 Å². The van der Waals surface area contributed by atoms with Crippen LogP contribution in [0.3, 0.4) is 0 Å². The molecule has 2 saturated carbocycles. The summed E-state index contributed by atoms with van der Waals surface area (Å²) in [7, 11) is 0. The Labute approximate surface area is 145 Å². The van der Waals surface area contributed by atoms with Crippen LogP contribution in [0.15, 0.2) is 23.3 Å². The first kappa shape index (κ1) is 19.6. The van der Waals surface area contributed by atoms with E-state index in [1.165, 1.54) is 0 Å². The zero-order valence-electron chi connectivity index (χ0n) is 15.2. The molecule has 24 heavy (non-hydrogen) atoms. The Morgan fingerprint density at radius 3 is 1.54 bits per heavy atom. The van der Waals surface area contributed by atoms with Gasteiger partial charge in [0.2, 0.25) is 0 Å². The van der Waals surface area contributed by atoms with E-state index in [1.807, 2.05) is 13.8 Å². The van der Waals surface area contributed by atoms with E-state index >= 15 is 0 Å². The Kier molecular flexibility index (Phi) is 6.66. The van der Waals surface area contributed by atoms with Gasteiger partial charge in [-0.1, -0.05) is 26.0 Å². The molecule has 0 radical (unpaired) electrons. The van der Waals surface area contributed by atoms with Gasteiger partial charge in [-0.25, -0.2) is 0 Å². The van der Waals surface area contributed by atoms with Crippen molar-refractivity contribution in [2.24, 2.45) is 10.8 Å². The van der Waals surface area contributed by atoms with Gasteiger partial charge in [0.1, 0.15) is 0 Å². The summed E-state index contributed by atoms with van der Waals surface area (Å²) in [6.45, 7) is 3.92. The molecule has 0 aromatic carbocycles. The first-order valence-electron chi connectivity index (χ1n) is 9.32. The minimum Gasteiger partial charge on any atom is -0.396 e. The summed E-state index contributed by atoms with van der Waals surface area (Å²) in [6.07, 6.45) is 10.3. The molecule has 4 atom stereocenters. The third-order valence-electron chi connectivity index (χ3n) is 6.15. The highest BCUT2D eigenvalue weighted by molar-refractivity contribution is 5.18. The van der Waals surface area contributed by atoms with Crippen LogP contribution in [-0.2, 0) is 0 Å². The summed E-state index contributed by atoms with van der Waals surface area (Å²) < 4.78 is 0. The number of unbranched alkanes of at least 4 members (excludes halogenated alkanes) is 1. The molecular weight excluding hydrogens is 304 g/mol. The Balaban J connectivity index is 1.94. The second-order valence-electron chi connectivity index (χ2n) is 8.27. The van der Waals surface area contributed by atoms with E-state index in [0.29, 0.717) is 0 Å². The van der Waals surface area contributed by atoms with E-state index in [4.69, 9.17) is 0 Å². The number of rotatable bonds is 5. The summed E-state index contributed by atoms with van der Waals surface area (Å²) >= 11 is 0. The smallest absolute Gasteiger partial charge is 0.0825 e. The average Bonchev–Trinajstić information content (AvgIpc) is 2.59. The molecule has 0 aromatic heterocycles. The molecule has 2 aliphatic rings. The largest absolute Gasteiger partial charge is 0.396 e. The first-order valence-corrected chi connectivity index (χ1v) is 9.32. The van der Waals surface area contributed by atoms with Gasteiger partial charge in [0, 0.05) is 10.8 Å². The van der Waals surface area contributed by atoms with Crippen LogP contribution in [0, 0.1) is 10.8 Å². The maximum absolute atomic E-state index is 10.5. The fourth-order valence-corrected chi connectivity index (χ4v) is 4.13. The molecule has 138 valence electrons. The van der Waals surface area contributed by atoms with E-state index in [2.05, 4.69) is 12.2 Å². The summed E-state index contributed by atoms with van der Waals surface area (Å²) in [5.74, 6) is 0. The van der Waals surface area contributed by atoms with Crippen molar-refractivity contribution >= 4 is 0 Å². The van der Waals surface area contributed by atoms with Gasteiger partial charge in [-0.2, -0.15) is 0 Å². The zero-order valence-corrected chi connectivity index (χ0v) is 15.2. The lowest BCUT2D eigenvalue weighted by molar-refractivity contribution is -0.00503. The molecule has 0 spiro atoms. The van der Waals surface area contributed by atoms with Crippen LogP contribution >= 0.6 is 0 Å². The Morgan fingerprint density at radius 1 is 0.833 bits per heavy atom. The molecule has 2 rings (SSSR count). The monoisotopic (exact) mass is 338 g/mol. The fraction of sp³-hybridized carbons (Fsp3) is 0.800. The number of aliphatic hydroxyl groups is 4. The number of aliphatic hydroxyl groups excluding tert-OH is 4. The summed E-state index contributed by atoms with van der Waals surface area (Å²) in [6, 6.07) is 0. The van der Waals surface area contributed by atoms with Crippen molar-refractivity contribution in [1.29, 1.82) is 0 Å². The number of hydrogen-bond acceptors (Lipinski definition) is 4. The van der Waals surface area contributed by atoms with Crippen molar-refractivity contribution < 1.29 is 20.4 Å². The van der Waals surface area contributed by atoms with Gasteiger partial charge >= 0.3 is 0 Å². The molecule has 0 unspecified atom stereocenters. The van der Waals surface area contributed by atoms with Crippen molar-refractivity contribution in [2.45, 2.75) is 77.4 Å². The van der Waals surface area contributed by atoms with Crippen molar-refractivity contribution in [3.05, 3.63) is 23.3 Å². The highest BCUT2D eigenvalue weighted by Crippen LogP contribution is 2.40. The second-order valence-corrected chi connectivity index (χ2v) is 8.27. The Bertz CT molecular complexity index is 440. The zero-order chi connectivity index (χ0) is 17.8. The maximum Gasteiger partial charge on any atom is 0.0825 e. The molecule has 2 fully saturated rings. The van der Waals surface area contributed by atoms with Gasteiger partial charge in [0.25, 0.3) is 0 Å². The van der Waals surface area contributed by atoms with Crippen LogP contribution in [0.5, 0.6) is 0 Å². The van der Waals surface area contributed by atoms with E-state index in [1.54, 1.807) is 0 Å². The van der Waals surface area contributed by atoms with E-state index < -0.39 is 23.0 Å². The lowest BCUT2D eigenvalue weighted by Crippen LogP contribution is -2.40. The van der Waals surface area contributed by atoms with Crippen molar-refractivity contribution in [3.8, 4) is 0 Å². The molecule has 0 amide bonds. The topological polar surface area (TPSA) is 80.9 Å². The third-order valence-corrected chi connectivity index (χ3v) is 6.15. The molecule has 0 heterocycles. The van der Waals surface area contributed by atoms with Crippen molar-refractivity contribution in [1.82, 2.24) is 0 Å². The standard InChI is InChI=1S/C20H34O4/c1-19(13-21)11-5-9-15(17(19)23)7-3-4-8-16-10-6-12-20(2,14-22)18(16)24/h7-8,17-18,21-24H,3-6,9-14H2,1-2H3/b15-7-,16-8-/t17-,18-,19-,20-/m1/s1. The lowest BCUT2D eigenvalue weighted by atomic mass is 9.71. The normalized spacial score (nSPS) is 41.1. The molecular formula is C20H34O4. The summed E-state index contributed by atoms with van der Waals surface area (Å²) in [5.41, 5.74) is 1.26. The molecule has 2 aliphatic carbocycles. The highest BCUT2D eigenvalue weighted by Gasteiger charge is 2.38. The third kappa shape index (κ3) is 4.10.